The Morgan fingerprint density at radius 3 is 2.76 bits per heavy atom. The molecule has 1 heterocycles. The lowest BCUT2D eigenvalue weighted by Crippen LogP contribution is -2.42. The fourth-order valence-corrected chi connectivity index (χ4v) is 3.05. The number of halogens is 1. The van der Waals surface area contributed by atoms with Crippen molar-refractivity contribution >= 4 is 29.9 Å². The van der Waals surface area contributed by atoms with Crippen LogP contribution in [0.5, 0.6) is 0 Å². The summed E-state index contributed by atoms with van der Waals surface area (Å²) in [5.74, 6) is 0.572. The standard InChI is InChI=1S/C19H29N3O2.ClH/c1-13(2)9-18(23)22-17-6-4-5-15(11-17)12-21-19(24)16-7-8-20-14(3)10-16;/h4-6,11,13-14,16,20H,7-10,12H2,1-3H3,(H,21,24)(H,22,23);1H/t14-,16-;/m0./s1. The van der Waals surface area contributed by atoms with Crippen LogP contribution in [-0.2, 0) is 16.1 Å². The van der Waals surface area contributed by atoms with Gasteiger partial charge in [-0.15, -0.1) is 12.4 Å². The van der Waals surface area contributed by atoms with Crippen LogP contribution >= 0.6 is 12.4 Å². The van der Waals surface area contributed by atoms with E-state index in [2.05, 4.69) is 22.9 Å². The number of hydrogen-bond donors (Lipinski definition) is 3. The van der Waals surface area contributed by atoms with Crippen molar-refractivity contribution in [3.63, 3.8) is 0 Å². The van der Waals surface area contributed by atoms with E-state index in [0.717, 1.165) is 30.6 Å². The monoisotopic (exact) mass is 367 g/mol. The maximum Gasteiger partial charge on any atom is 0.224 e. The lowest BCUT2D eigenvalue weighted by Gasteiger charge is -2.27. The lowest BCUT2D eigenvalue weighted by molar-refractivity contribution is -0.126. The Hall–Kier alpha value is -1.59. The quantitative estimate of drug-likeness (QED) is 0.723. The minimum absolute atomic E-state index is 0. The van der Waals surface area contributed by atoms with Gasteiger partial charge in [-0.2, -0.15) is 0 Å². The van der Waals surface area contributed by atoms with Crippen LogP contribution in [0.25, 0.3) is 0 Å². The molecule has 6 heteroatoms. The summed E-state index contributed by atoms with van der Waals surface area (Å²) in [6, 6.07) is 8.05. The molecule has 0 unspecified atom stereocenters. The van der Waals surface area contributed by atoms with Gasteiger partial charge in [0.15, 0.2) is 0 Å². The zero-order chi connectivity index (χ0) is 17.5. The van der Waals surface area contributed by atoms with Crippen LogP contribution < -0.4 is 16.0 Å². The highest BCUT2D eigenvalue weighted by molar-refractivity contribution is 5.90. The molecule has 2 rings (SSSR count). The molecule has 25 heavy (non-hydrogen) atoms. The Morgan fingerprint density at radius 1 is 1.32 bits per heavy atom. The van der Waals surface area contributed by atoms with Gasteiger partial charge in [0.2, 0.25) is 11.8 Å². The molecule has 140 valence electrons. The third-order valence-electron chi connectivity index (χ3n) is 4.27. The Morgan fingerprint density at radius 2 is 2.08 bits per heavy atom. The first kappa shape index (κ1) is 21.5. The van der Waals surface area contributed by atoms with E-state index in [0.29, 0.717) is 24.9 Å². The number of hydrogen-bond acceptors (Lipinski definition) is 3. The Bertz CT molecular complexity index is 578. The number of carbonyl (C=O) groups is 2. The van der Waals surface area contributed by atoms with Gasteiger partial charge in [0, 0.05) is 30.6 Å². The average molecular weight is 368 g/mol. The van der Waals surface area contributed by atoms with Gasteiger partial charge in [-0.25, -0.2) is 0 Å². The fourth-order valence-electron chi connectivity index (χ4n) is 3.05. The molecular formula is C19H30ClN3O2. The van der Waals surface area contributed by atoms with Gasteiger partial charge in [-0.05, 0) is 49.9 Å². The van der Waals surface area contributed by atoms with Crippen molar-refractivity contribution in [1.29, 1.82) is 0 Å². The first-order chi connectivity index (χ1) is 11.4. The molecule has 0 aliphatic carbocycles. The van der Waals surface area contributed by atoms with E-state index in [-0.39, 0.29) is 30.1 Å². The number of anilines is 1. The van der Waals surface area contributed by atoms with Crippen LogP contribution in [-0.4, -0.2) is 24.4 Å². The molecule has 0 radical (unpaired) electrons. The molecular weight excluding hydrogens is 338 g/mol. The average Bonchev–Trinajstić information content (AvgIpc) is 2.52. The van der Waals surface area contributed by atoms with Crippen molar-refractivity contribution < 1.29 is 9.59 Å². The van der Waals surface area contributed by atoms with Crippen LogP contribution in [0, 0.1) is 11.8 Å². The van der Waals surface area contributed by atoms with E-state index in [1.807, 2.05) is 38.1 Å². The molecule has 1 aliphatic rings. The second-order valence-electron chi connectivity index (χ2n) is 7.14. The summed E-state index contributed by atoms with van der Waals surface area (Å²) < 4.78 is 0. The number of piperidine rings is 1. The van der Waals surface area contributed by atoms with Crippen molar-refractivity contribution in [2.75, 3.05) is 11.9 Å². The van der Waals surface area contributed by atoms with E-state index < -0.39 is 0 Å². The minimum Gasteiger partial charge on any atom is -0.352 e. The molecule has 2 amide bonds. The first-order valence-corrected chi connectivity index (χ1v) is 8.84. The molecule has 1 fully saturated rings. The van der Waals surface area contributed by atoms with Gasteiger partial charge in [-0.3, -0.25) is 9.59 Å². The molecule has 0 saturated carbocycles. The van der Waals surface area contributed by atoms with Crippen molar-refractivity contribution in [3.05, 3.63) is 29.8 Å². The predicted molar refractivity (Wildman–Crippen MR) is 104 cm³/mol. The number of benzene rings is 1. The molecule has 1 aliphatic heterocycles. The summed E-state index contributed by atoms with van der Waals surface area (Å²) in [5, 5.41) is 9.29. The summed E-state index contributed by atoms with van der Waals surface area (Å²) in [5.41, 5.74) is 1.77. The molecule has 5 nitrogen and oxygen atoms in total. The van der Waals surface area contributed by atoms with Gasteiger partial charge < -0.3 is 16.0 Å². The summed E-state index contributed by atoms with van der Waals surface area (Å²) in [6.45, 7) is 7.55. The van der Waals surface area contributed by atoms with Gasteiger partial charge in [-0.1, -0.05) is 26.0 Å². The maximum absolute atomic E-state index is 12.3. The van der Waals surface area contributed by atoms with Gasteiger partial charge in [0.25, 0.3) is 0 Å². The van der Waals surface area contributed by atoms with Crippen molar-refractivity contribution in [2.24, 2.45) is 11.8 Å². The van der Waals surface area contributed by atoms with Crippen LogP contribution in [0.2, 0.25) is 0 Å². The first-order valence-electron chi connectivity index (χ1n) is 8.84. The number of rotatable bonds is 6. The third kappa shape index (κ3) is 7.45. The van der Waals surface area contributed by atoms with Gasteiger partial charge in [0.05, 0.1) is 0 Å². The molecule has 1 aromatic rings. The Balaban J connectivity index is 0.00000312. The van der Waals surface area contributed by atoms with Crippen molar-refractivity contribution in [3.8, 4) is 0 Å². The van der Waals surface area contributed by atoms with Crippen LogP contribution in [0.4, 0.5) is 5.69 Å². The molecule has 0 aromatic heterocycles. The molecule has 1 aromatic carbocycles. The smallest absolute Gasteiger partial charge is 0.224 e. The van der Waals surface area contributed by atoms with E-state index in [1.165, 1.54) is 0 Å². The minimum atomic E-state index is 0. The van der Waals surface area contributed by atoms with Crippen molar-refractivity contribution in [1.82, 2.24) is 10.6 Å². The highest BCUT2D eigenvalue weighted by Crippen LogP contribution is 2.17. The summed E-state index contributed by atoms with van der Waals surface area (Å²) >= 11 is 0. The number of amides is 2. The second kappa shape index (κ2) is 10.4. The Kier molecular flexibility index (Phi) is 8.93. The summed E-state index contributed by atoms with van der Waals surface area (Å²) in [4.78, 5) is 24.1. The highest BCUT2D eigenvalue weighted by atomic mass is 35.5. The molecule has 2 atom stereocenters. The number of carbonyl (C=O) groups excluding carboxylic acids is 2. The zero-order valence-electron chi connectivity index (χ0n) is 15.3. The Labute approximate surface area is 156 Å². The number of nitrogens with one attached hydrogen (secondary N) is 3. The predicted octanol–water partition coefficient (Wildman–Crippen LogP) is 3.10. The topological polar surface area (TPSA) is 70.2 Å². The zero-order valence-corrected chi connectivity index (χ0v) is 16.1. The van der Waals surface area contributed by atoms with E-state index in [4.69, 9.17) is 0 Å². The van der Waals surface area contributed by atoms with Crippen molar-refractivity contribution in [2.45, 2.75) is 52.6 Å². The maximum atomic E-state index is 12.3. The fraction of sp³-hybridized carbons (Fsp3) is 0.579. The van der Waals surface area contributed by atoms with Crippen LogP contribution in [0.15, 0.2) is 24.3 Å². The third-order valence-corrected chi connectivity index (χ3v) is 4.27. The molecule has 1 saturated heterocycles. The second-order valence-corrected chi connectivity index (χ2v) is 7.14. The highest BCUT2D eigenvalue weighted by Gasteiger charge is 2.24. The van der Waals surface area contributed by atoms with E-state index in [9.17, 15) is 9.59 Å². The summed E-state index contributed by atoms with van der Waals surface area (Å²) in [6.07, 6.45) is 2.29. The normalized spacial score (nSPS) is 19.8. The van der Waals surface area contributed by atoms with E-state index >= 15 is 0 Å². The molecule has 3 N–H and O–H groups in total. The van der Waals surface area contributed by atoms with Crippen LogP contribution in [0.3, 0.4) is 0 Å². The van der Waals surface area contributed by atoms with Gasteiger partial charge in [0.1, 0.15) is 0 Å². The molecule has 0 spiro atoms. The van der Waals surface area contributed by atoms with Gasteiger partial charge >= 0.3 is 0 Å². The largest absolute Gasteiger partial charge is 0.352 e. The summed E-state index contributed by atoms with van der Waals surface area (Å²) in [7, 11) is 0. The SMILES string of the molecule is CC(C)CC(=O)Nc1cccc(CNC(=O)[C@H]2CCN[C@@H](C)C2)c1.Cl. The van der Waals surface area contributed by atoms with E-state index in [1.54, 1.807) is 0 Å². The molecule has 0 bridgehead atoms. The van der Waals surface area contributed by atoms with Crippen LogP contribution in [0.1, 0.15) is 45.6 Å². The lowest BCUT2D eigenvalue weighted by atomic mass is 9.92.